The average molecular weight is 594 g/mol. The molecule has 0 saturated carbocycles. The van der Waals surface area contributed by atoms with Crippen LogP contribution >= 0.6 is 0 Å². The van der Waals surface area contributed by atoms with E-state index in [0.29, 0.717) is 13.1 Å². The normalized spacial score (nSPS) is 17.7. The lowest BCUT2D eigenvalue weighted by molar-refractivity contribution is -0.139. The molecule has 1 saturated heterocycles. The Morgan fingerprint density at radius 2 is 1.15 bits per heavy atom. The summed E-state index contributed by atoms with van der Waals surface area (Å²) in [6, 6.07) is 5.14. The highest BCUT2D eigenvalue weighted by Gasteiger charge is 2.36. The first-order chi connectivity index (χ1) is 19.2. The van der Waals surface area contributed by atoms with E-state index < -0.39 is 93.6 Å². The lowest BCUT2D eigenvalue weighted by Crippen LogP contribution is -2.58. The molecule has 4 nitrogen and oxygen atoms in total. The van der Waals surface area contributed by atoms with Crippen molar-refractivity contribution in [1.29, 1.82) is 0 Å². The zero-order valence-corrected chi connectivity index (χ0v) is 21.3. The van der Waals surface area contributed by atoms with Gasteiger partial charge >= 0.3 is 0 Å². The van der Waals surface area contributed by atoms with E-state index in [-0.39, 0.29) is 12.6 Å². The van der Waals surface area contributed by atoms with Crippen molar-refractivity contribution in [3.8, 4) is 16.9 Å². The minimum absolute atomic E-state index is 0.122. The number of carbonyl (C=O) groups excluding carboxylic acids is 1. The first kappa shape index (κ1) is 30.2. The Kier molecular flexibility index (Phi) is 8.52. The molecule has 3 aromatic carbocycles. The van der Waals surface area contributed by atoms with Crippen molar-refractivity contribution >= 4 is 5.91 Å². The third-order valence-corrected chi connectivity index (χ3v) is 6.76. The van der Waals surface area contributed by atoms with Gasteiger partial charge in [-0.05, 0) is 31.5 Å². The number of amides is 1. The van der Waals surface area contributed by atoms with Gasteiger partial charge in [0.05, 0.1) is 11.1 Å². The Labute approximate surface area is 226 Å². The molecule has 0 aliphatic carbocycles. The first-order valence-corrected chi connectivity index (χ1v) is 12.0. The molecule has 0 aromatic heterocycles. The fraction of sp³-hybridized carbons (Fsp3) is 0.296. The van der Waals surface area contributed by atoms with Gasteiger partial charge in [0.25, 0.3) is 5.91 Å². The average Bonchev–Trinajstić information content (AvgIpc) is 2.94. The van der Waals surface area contributed by atoms with E-state index in [1.807, 2.05) is 4.90 Å². The summed E-state index contributed by atoms with van der Waals surface area (Å²) in [5, 5.41) is 0. The first-order valence-electron chi connectivity index (χ1n) is 12.0. The number of hydrogen-bond donors (Lipinski definition) is 0. The maximum Gasteiger partial charge on any atom is 0.260 e. The van der Waals surface area contributed by atoms with Crippen LogP contribution in [0.1, 0.15) is 19.4 Å². The van der Waals surface area contributed by atoms with E-state index in [9.17, 15) is 48.7 Å². The van der Waals surface area contributed by atoms with Crippen molar-refractivity contribution in [2.24, 2.45) is 0 Å². The van der Waals surface area contributed by atoms with E-state index >= 15 is 0 Å². The molecule has 2 atom stereocenters. The van der Waals surface area contributed by atoms with Crippen LogP contribution in [0.15, 0.2) is 24.3 Å². The van der Waals surface area contributed by atoms with Crippen LogP contribution in [-0.4, -0.2) is 47.5 Å². The zero-order valence-electron chi connectivity index (χ0n) is 21.3. The molecule has 0 N–H and O–H groups in total. The van der Waals surface area contributed by atoms with Crippen LogP contribution in [0.3, 0.4) is 0 Å². The lowest BCUT2D eigenvalue weighted by Gasteiger charge is -2.44. The molecule has 1 heterocycles. The van der Waals surface area contributed by atoms with E-state index in [4.69, 9.17) is 4.74 Å². The highest BCUT2D eigenvalue weighted by Crippen LogP contribution is 2.40. The standard InChI is InChI=1S/C27H20F10N2O2/c1-11-8-39(12(2)7-38(11)9-13-3-5-14(28)6-4-13)15(40)10-41-27-25(36)20(31)17(21(32)26(27)37)16-18(29)22(33)24(35)23(34)19(16)30/h3-6,11-12H,7-10H2,1-2H3/t11-,12+/m0/s1. The molecule has 0 bridgehead atoms. The predicted molar refractivity (Wildman–Crippen MR) is 124 cm³/mol. The van der Waals surface area contributed by atoms with Gasteiger partial charge in [-0.15, -0.1) is 0 Å². The van der Waals surface area contributed by atoms with Gasteiger partial charge in [-0.1, -0.05) is 12.1 Å². The van der Waals surface area contributed by atoms with Gasteiger partial charge < -0.3 is 9.64 Å². The number of nitrogens with zero attached hydrogens (tertiary/aromatic N) is 2. The molecule has 0 radical (unpaired) electrons. The number of ether oxygens (including phenoxy) is 1. The van der Waals surface area contributed by atoms with Crippen molar-refractivity contribution in [1.82, 2.24) is 9.80 Å². The maximum atomic E-state index is 14.7. The largest absolute Gasteiger partial charge is 0.477 e. The number of carbonyl (C=O) groups is 1. The van der Waals surface area contributed by atoms with Crippen LogP contribution < -0.4 is 4.74 Å². The topological polar surface area (TPSA) is 32.8 Å². The van der Waals surface area contributed by atoms with Crippen LogP contribution in [0.25, 0.3) is 11.1 Å². The Balaban J connectivity index is 1.53. The number of halogens is 10. The summed E-state index contributed by atoms with van der Waals surface area (Å²) in [6.07, 6.45) is 0. The quantitative estimate of drug-likeness (QED) is 0.192. The van der Waals surface area contributed by atoms with Crippen molar-refractivity contribution in [2.75, 3.05) is 19.7 Å². The van der Waals surface area contributed by atoms with Gasteiger partial charge in [-0.3, -0.25) is 9.69 Å². The highest BCUT2D eigenvalue weighted by atomic mass is 19.2. The second-order valence-corrected chi connectivity index (χ2v) is 9.49. The molecule has 3 aromatic rings. The summed E-state index contributed by atoms with van der Waals surface area (Å²) in [7, 11) is 0. The molecular formula is C27H20F10N2O2. The minimum Gasteiger partial charge on any atom is -0.477 e. The maximum absolute atomic E-state index is 14.7. The molecular weight excluding hydrogens is 574 g/mol. The Hall–Kier alpha value is -3.81. The zero-order chi connectivity index (χ0) is 30.3. The van der Waals surface area contributed by atoms with Crippen molar-refractivity contribution in [3.63, 3.8) is 0 Å². The van der Waals surface area contributed by atoms with Crippen LogP contribution in [0.4, 0.5) is 43.9 Å². The Morgan fingerprint density at radius 1 is 0.683 bits per heavy atom. The number of piperazine rings is 1. The molecule has 14 heteroatoms. The molecule has 1 aliphatic rings. The molecule has 0 unspecified atom stereocenters. The summed E-state index contributed by atoms with van der Waals surface area (Å²) in [4.78, 5) is 16.1. The van der Waals surface area contributed by atoms with E-state index in [1.165, 1.54) is 17.0 Å². The highest BCUT2D eigenvalue weighted by molar-refractivity contribution is 5.78. The smallest absolute Gasteiger partial charge is 0.260 e. The predicted octanol–water partition coefficient (Wildman–Crippen LogP) is 6.24. The van der Waals surface area contributed by atoms with E-state index in [0.717, 1.165) is 5.56 Å². The minimum atomic E-state index is -2.68. The van der Waals surface area contributed by atoms with Crippen LogP contribution in [0, 0.1) is 58.2 Å². The van der Waals surface area contributed by atoms with Crippen molar-refractivity contribution < 1.29 is 53.4 Å². The summed E-state index contributed by atoms with van der Waals surface area (Å²) < 4.78 is 145. The summed E-state index contributed by atoms with van der Waals surface area (Å²) in [5.41, 5.74) is -3.60. The van der Waals surface area contributed by atoms with Crippen molar-refractivity contribution in [2.45, 2.75) is 32.5 Å². The Bertz CT molecular complexity index is 1440. The Morgan fingerprint density at radius 3 is 1.66 bits per heavy atom. The van der Waals surface area contributed by atoms with E-state index in [2.05, 4.69) is 0 Å². The molecule has 0 spiro atoms. The molecule has 1 amide bonds. The number of hydrogen-bond acceptors (Lipinski definition) is 3. The number of rotatable bonds is 6. The van der Waals surface area contributed by atoms with Crippen molar-refractivity contribution in [3.05, 3.63) is 88.0 Å². The van der Waals surface area contributed by atoms with Gasteiger partial charge in [0.1, 0.15) is 5.82 Å². The lowest BCUT2D eigenvalue weighted by atomic mass is 10.0. The molecule has 1 aliphatic heterocycles. The summed E-state index contributed by atoms with van der Waals surface area (Å²) in [5.74, 6) is -26.0. The third kappa shape index (κ3) is 5.56. The molecule has 1 fully saturated rings. The van der Waals surface area contributed by atoms with Gasteiger partial charge in [-0.25, -0.2) is 35.1 Å². The van der Waals surface area contributed by atoms with E-state index in [1.54, 1.807) is 26.0 Å². The fourth-order valence-corrected chi connectivity index (χ4v) is 4.59. The summed E-state index contributed by atoms with van der Waals surface area (Å²) in [6.45, 7) is 3.25. The van der Waals surface area contributed by atoms with Crippen LogP contribution in [0.5, 0.6) is 5.75 Å². The molecule has 220 valence electrons. The van der Waals surface area contributed by atoms with Gasteiger partial charge in [-0.2, -0.15) is 8.78 Å². The monoisotopic (exact) mass is 594 g/mol. The fourth-order valence-electron chi connectivity index (χ4n) is 4.59. The van der Waals surface area contributed by atoms with Gasteiger partial charge in [0, 0.05) is 31.7 Å². The number of benzene rings is 3. The van der Waals surface area contributed by atoms with Crippen LogP contribution in [0.2, 0.25) is 0 Å². The molecule has 4 rings (SSSR count). The summed E-state index contributed by atoms with van der Waals surface area (Å²) >= 11 is 0. The van der Waals surface area contributed by atoms with Gasteiger partial charge in [0.15, 0.2) is 47.3 Å². The second kappa shape index (κ2) is 11.6. The second-order valence-electron chi connectivity index (χ2n) is 9.49. The van der Waals surface area contributed by atoms with Crippen LogP contribution in [-0.2, 0) is 11.3 Å². The van der Waals surface area contributed by atoms with Gasteiger partial charge in [0.2, 0.25) is 17.5 Å². The molecule has 41 heavy (non-hydrogen) atoms. The SMILES string of the molecule is C[C@@H]1CN(Cc2ccc(F)cc2)[C@@H](C)CN1C(=O)COc1c(F)c(F)c(-c2c(F)c(F)c(F)c(F)c2F)c(F)c1F. The third-order valence-electron chi connectivity index (χ3n) is 6.76.